The molecule has 116 valence electrons. The highest BCUT2D eigenvalue weighted by molar-refractivity contribution is 7.98. The minimum Gasteiger partial charge on any atom is -0.322 e. The van der Waals surface area contributed by atoms with E-state index < -0.39 is 0 Å². The van der Waals surface area contributed by atoms with E-state index in [1.807, 2.05) is 30.3 Å². The van der Waals surface area contributed by atoms with Gasteiger partial charge in [0, 0.05) is 25.4 Å². The minimum absolute atomic E-state index is 0.128. The van der Waals surface area contributed by atoms with E-state index in [-0.39, 0.29) is 12.1 Å². The molecule has 0 aliphatic carbocycles. The quantitative estimate of drug-likeness (QED) is 0.693. The van der Waals surface area contributed by atoms with Gasteiger partial charge in [0.25, 0.3) is 0 Å². The predicted octanol–water partition coefficient (Wildman–Crippen LogP) is 2.18. The zero-order valence-electron chi connectivity index (χ0n) is 12.6. The summed E-state index contributed by atoms with van der Waals surface area (Å²) in [4.78, 5) is 22.3. The van der Waals surface area contributed by atoms with Gasteiger partial charge in [-0.2, -0.15) is 5.10 Å². The zero-order valence-corrected chi connectivity index (χ0v) is 13.4. The molecule has 0 aromatic carbocycles. The maximum Gasteiger partial charge on any atom is 0.323 e. The van der Waals surface area contributed by atoms with E-state index in [1.165, 1.54) is 18.1 Å². The average molecular weight is 318 g/mol. The Balaban J connectivity index is 1.61. The van der Waals surface area contributed by atoms with Crippen molar-refractivity contribution >= 4 is 23.6 Å². The smallest absolute Gasteiger partial charge is 0.322 e. The molecule has 1 aliphatic rings. The normalized spacial score (nSPS) is 17.7. The number of thioether (sulfide) groups is 1. The standard InChI is InChI=1S/C14H18N6OS/c1-10-6-17-20(7-10)11-3-4-19(8-11)14(21)18-12-5-13(22-2)16-9-15-12/h5-7,9,11H,3-4,8H2,1-2H3,(H,15,16,18,21). The summed E-state index contributed by atoms with van der Waals surface area (Å²) in [6.45, 7) is 3.39. The Hall–Kier alpha value is -2.09. The molecule has 1 aliphatic heterocycles. The summed E-state index contributed by atoms with van der Waals surface area (Å²) in [5, 5.41) is 7.99. The number of hydrogen-bond acceptors (Lipinski definition) is 5. The van der Waals surface area contributed by atoms with Gasteiger partial charge >= 0.3 is 6.03 Å². The highest BCUT2D eigenvalue weighted by Crippen LogP contribution is 2.22. The van der Waals surface area contributed by atoms with Crippen molar-refractivity contribution in [2.24, 2.45) is 0 Å². The highest BCUT2D eigenvalue weighted by atomic mass is 32.2. The third-order valence-corrected chi connectivity index (χ3v) is 4.28. The van der Waals surface area contributed by atoms with Crippen LogP contribution in [-0.4, -0.2) is 50.0 Å². The molecule has 3 rings (SSSR count). The van der Waals surface area contributed by atoms with Crippen molar-refractivity contribution in [1.82, 2.24) is 24.6 Å². The van der Waals surface area contributed by atoms with Crippen molar-refractivity contribution < 1.29 is 4.79 Å². The zero-order chi connectivity index (χ0) is 15.5. The number of carbonyl (C=O) groups excluding carboxylic acids is 1. The predicted molar refractivity (Wildman–Crippen MR) is 85.0 cm³/mol. The SMILES string of the molecule is CSc1cc(NC(=O)N2CCC(n3cc(C)cn3)C2)ncn1. The molecule has 1 atom stereocenters. The van der Waals surface area contributed by atoms with Crippen LogP contribution in [0.5, 0.6) is 0 Å². The lowest BCUT2D eigenvalue weighted by Gasteiger charge is -2.17. The van der Waals surface area contributed by atoms with Crippen LogP contribution in [0.3, 0.4) is 0 Å². The number of aromatic nitrogens is 4. The number of urea groups is 1. The molecule has 0 bridgehead atoms. The second-order valence-corrected chi connectivity index (χ2v) is 6.09. The van der Waals surface area contributed by atoms with Crippen LogP contribution >= 0.6 is 11.8 Å². The average Bonchev–Trinajstić information content (AvgIpc) is 3.16. The molecule has 3 heterocycles. The van der Waals surface area contributed by atoms with E-state index in [0.29, 0.717) is 12.4 Å². The second-order valence-electron chi connectivity index (χ2n) is 5.26. The van der Waals surface area contributed by atoms with Crippen molar-refractivity contribution in [2.45, 2.75) is 24.4 Å². The molecular weight excluding hydrogens is 300 g/mol. The molecule has 0 radical (unpaired) electrons. The Morgan fingerprint density at radius 3 is 3.05 bits per heavy atom. The van der Waals surface area contributed by atoms with Crippen molar-refractivity contribution in [1.29, 1.82) is 0 Å². The number of anilines is 1. The number of hydrogen-bond donors (Lipinski definition) is 1. The topological polar surface area (TPSA) is 75.9 Å². The molecule has 7 nitrogen and oxygen atoms in total. The van der Waals surface area contributed by atoms with Crippen LogP contribution in [0.25, 0.3) is 0 Å². The van der Waals surface area contributed by atoms with Crippen molar-refractivity contribution in [3.8, 4) is 0 Å². The van der Waals surface area contributed by atoms with E-state index in [4.69, 9.17) is 0 Å². The molecule has 0 spiro atoms. The van der Waals surface area contributed by atoms with Gasteiger partial charge in [-0.25, -0.2) is 14.8 Å². The summed E-state index contributed by atoms with van der Waals surface area (Å²) in [6.07, 6.45) is 8.16. The highest BCUT2D eigenvalue weighted by Gasteiger charge is 2.28. The van der Waals surface area contributed by atoms with Gasteiger partial charge in [0.15, 0.2) is 0 Å². The number of nitrogens with zero attached hydrogens (tertiary/aromatic N) is 5. The lowest BCUT2D eigenvalue weighted by atomic mass is 10.3. The minimum atomic E-state index is -0.128. The van der Waals surface area contributed by atoms with E-state index >= 15 is 0 Å². The number of carbonyl (C=O) groups is 1. The third kappa shape index (κ3) is 3.22. The molecule has 0 saturated carbocycles. The van der Waals surface area contributed by atoms with Gasteiger partial charge in [-0.15, -0.1) is 11.8 Å². The van der Waals surface area contributed by atoms with Gasteiger partial charge in [0.2, 0.25) is 0 Å². The largest absolute Gasteiger partial charge is 0.323 e. The van der Waals surface area contributed by atoms with Crippen molar-refractivity contribution in [3.05, 3.63) is 30.4 Å². The van der Waals surface area contributed by atoms with Gasteiger partial charge in [-0.3, -0.25) is 10.00 Å². The van der Waals surface area contributed by atoms with E-state index in [0.717, 1.165) is 23.6 Å². The van der Waals surface area contributed by atoms with Gasteiger partial charge in [0.05, 0.1) is 12.2 Å². The fourth-order valence-corrected chi connectivity index (χ4v) is 2.87. The fourth-order valence-electron chi connectivity index (χ4n) is 2.48. The summed E-state index contributed by atoms with van der Waals surface area (Å²) in [6, 6.07) is 1.89. The molecule has 2 aromatic rings. The van der Waals surface area contributed by atoms with Gasteiger partial charge in [-0.05, 0) is 25.2 Å². The number of aryl methyl sites for hydroxylation is 1. The fraction of sp³-hybridized carbons (Fsp3) is 0.429. The Morgan fingerprint density at radius 2 is 2.32 bits per heavy atom. The lowest BCUT2D eigenvalue weighted by molar-refractivity contribution is 0.220. The van der Waals surface area contributed by atoms with Crippen LogP contribution in [0.4, 0.5) is 10.6 Å². The second kappa shape index (κ2) is 6.35. The van der Waals surface area contributed by atoms with Crippen molar-refractivity contribution in [3.63, 3.8) is 0 Å². The maximum atomic E-state index is 12.3. The van der Waals surface area contributed by atoms with E-state index in [1.54, 1.807) is 11.0 Å². The summed E-state index contributed by atoms with van der Waals surface area (Å²) >= 11 is 1.51. The molecule has 1 N–H and O–H groups in total. The molecule has 2 amide bonds. The molecule has 8 heteroatoms. The summed E-state index contributed by atoms with van der Waals surface area (Å²) in [5.41, 5.74) is 1.13. The van der Waals surface area contributed by atoms with Crippen LogP contribution < -0.4 is 5.32 Å². The molecule has 2 aromatic heterocycles. The number of amides is 2. The maximum absolute atomic E-state index is 12.3. The van der Waals surface area contributed by atoms with Crippen LogP contribution in [0.1, 0.15) is 18.0 Å². The molecular formula is C14H18N6OS. The number of nitrogens with one attached hydrogen (secondary N) is 1. The molecule has 22 heavy (non-hydrogen) atoms. The monoisotopic (exact) mass is 318 g/mol. The molecule has 1 unspecified atom stereocenters. The van der Waals surface area contributed by atoms with Crippen LogP contribution in [0.15, 0.2) is 29.8 Å². The summed E-state index contributed by atoms with van der Waals surface area (Å²) in [5.74, 6) is 0.530. The first-order valence-electron chi connectivity index (χ1n) is 7.08. The first-order chi connectivity index (χ1) is 10.7. The van der Waals surface area contributed by atoms with Gasteiger partial charge < -0.3 is 4.90 Å². The molecule has 1 fully saturated rings. The Kier molecular flexibility index (Phi) is 4.28. The first kappa shape index (κ1) is 14.8. The van der Waals surface area contributed by atoms with Crippen LogP contribution in [0, 0.1) is 6.92 Å². The van der Waals surface area contributed by atoms with Gasteiger partial charge in [0.1, 0.15) is 17.2 Å². The number of likely N-dealkylation sites (tertiary alicyclic amines) is 1. The third-order valence-electron chi connectivity index (χ3n) is 3.64. The van der Waals surface area contributed by atoms with E-state index in [9.17, 15) is 4.79 Å². The van der Waals surface area contributed by atoms with Crippen LogP contribution in [-0.2, 0) is 0 Å². The lowest BCUT2D eigenvalue weighted by Crippen LogP contribution is -2.33. The Labute approximate surface area is 133 Å². The van der Waals surface area contributed by atoms with E-state index in [2.05, 4.69) is 20.4 Å². The Bertz CT molecular complexity index is 673. The van der Waals surface area contributed by atoms with Crippen LogP contribution in [0.2, 0.25) is 0 Å². The number of rotatable bonds is 3. The summed E-state index contributed by atoms with van der Waals surface area (Å²) in [7, 11) is 0. The van der Waals surface area contributed by atoms with Crippen molar-refractivity contribution in [2.75, 3.05) is 24.7 Å². The first-order valence-corrected chi connectivity index (χ1v) is 8.31. The Morgan fingerprint density at radius 1 is 1.45 bits per heavy atom. The van der Waals surface area contributed by atoms with Gasteiger partial charge in [-0.1, -0.05) is 0 Å². The molecule has 1 saturated heterocycles. The summed E-state index contributed by atoms with van der Waals surface area (Å²) < 4.78 is 1.94.